The maximum absolute atomic E-state index is 5.73. The minimum Gasteiger partial charge on any atom is -0.490 e. The Morgan fingerprint density at radius 3 is 3.17 bits per heavy atom. The minimum atomic E-state index is 0.527. The molecule has 0 aromatic carbocycles. The largest absolute Gasteiger partial charge is 0.490 e. The number of rotatable bonds is 6. The van der Waals surface area contributed by atoms with Gasteiger partial charge in [0.1, 0.15) is 0 Å². The van der Waals surface area contributed by atoms with E-state index in [4.69, 9.17) is 4.74 Å². The molecule has 0 aliphatic heterocycles. The van der Waals surface area contributed by atoms with E-state index < -0.39 is 0 Å². The van der Waals surface area contributed by atoms with Crippen molar-refractivity contribution >= 4 is 17.6 Å². The lowest BCUT2D eigenvalue weighted by molar-refractivity contribution is 0.317. The van der Waals surface area contributed by atoms with Crippen molar-refractivity contribution in [3.63, 3.8) is 0 Å². The third kappa shape index (κ3) is 3.31. The van der Waals surface area contributed by atoms with Gasteiger partial charge in [0.2, 0.25) is 0 Å². The molecule has 100 valence electrons. The van der Waals surface area contributed by atoms with Crippen LogP contribution in [0, 0.1) is 0 Å². The Morgan fingerprint density at radius 1 is 1.50 bits per heavy atom. The van der Waals surface area contributed by atoms with Crippen LogP contribution in [-0.4, -0.2) is 29.1 Å². The zero-order chi connectivity index (χ0) is 12.8. The average Bonchev–Trinajstić information content (AvgIpc) is 2.85. The van der Waals surface area contributed by atoms with Gasteiger partial charge in [0.05, 0.1) is 6.61 Å². The molecule has 1 fully saturated rings. The Bertz CT molecular complexity index is 373. The molecule has 1 aliphatic carbocycles. The molecule has 2 rings (SSSR count). The van der Waals surface area contributed by atoms with Crippen LogP contribution >= 0.6 is 11.8 Å². The highest BCUT2D eigenvalue weighted by atomic mass is 32.2. The molecule has 18 heavy (non-hydrogen) atoms. The standard InChI is InChI=1S/C14H22N2OS/c1-3-10-17-12-7-5-9-15-14(12)16-11-6-4-8-13(11)18-2/h5,7,9,11,13H,3-4,6,8,10H2,1-2H3,(H,15,16). The highest BCUT2D eigenvalue weighted by Gasteiger charge is 2.27. The second kappa shape index (κ2) is 6.88. The maximum atomic E-state index is 5.73. The number of hydrogen-bond acceptors (Lipinski definition) is 4. The maximum Gasteiger partial charge on any atom is 0.169 e. The lowest BCUT2D eigenvalue weighted by atomic mass is 10.2. The average molecular weight is 266 g/mol. The second-order valence-corrected chi connectivity index (χ2v) is 5.73. The summed E-state index contributed by atoms with van der Waals surface area (Å²) in [6.07, 6.45) is 8.88. The predicted molar refractivity (Wildman–Crippen MR) is 78.6 cm³/mol. The van der Waals surface area contributed by atoms with Gasteiger partial charge in [-0.3, -0.25) is 0 Å². The van der Waals surface area contributed by atoms with Crippen LogP contribution in [0.2, 0.25) is 0 Å². The van der Waals surface area contributed by atoms with E-state index in [0.717, 1.165) is 24.6 Å². The second-order valence-electron chi connectivity index (χ2n) is 4.65. The van der Waals surface area contributed by atoms with E-state index in [0.29, 0.717) is 11.3 Å². The normalized spacial score (nSPS) is 23.0. The van der Waals surface area contributed by atoms with Gasteiger partial charge in [0.25, 0.3) is 0 Å². The van der Waals surface area contributed by atoms with Gasteiger partial charge in [0, 0.05) is 17.5 Å². The summed E-state index contributed by atoms with van der Waals surface area (Å²) in [5.74, 6) is 1.78. The van der Waals surface area contributed by atoms with E-state index in [1.54, 1.807) is 0 Å². The molecule has 0 bridgehead atoms. The Kier molecular flexibility index (Phi) is 5.17. The van der Waals surface area contributed by atoms with E-state index in [1.807, 2.05) is 30.1 Å². The summed E-state index contributed by atoms with van der Waals surface area (Å²) < 4.78 is 5.73. The van der Waals surface area contributed by atoms with Crippen LogP contribution in [-0.2, 0) is 0 Å². The van der Waals surface area contributed by atoms with Gasteiger partial charge in [-0.2, -0.15) is 11.8 Å². The van der Waals surface area contributed by atoms with Crippen molar-refractivity contribution in [2.75, 3.05) is 18.2 Å². The van der Waals surface area contributed by atoms with Crippen molar-refractivity contribution in [2.24, 2.45) is 0 Å². The Balaban J connectivity index is 2.03. The van der Waals surface area contributed by atoms with E-state index in [2.05, 4.69) is 23.5 Å². The number of aromatic nitrogens is 1. The fourth-order valence-electron chi connectivity index (χ4n) is 2.38. The molecule has 1 N–H and O–H groups in total. The van der Waals surface area contributed by atoms with Gasteiger partial charge in [-0.1, -0.05) is 13.3 Å². The molecule has 2 atom stereocenters. The van der Waals surface area contributed by atoms with Crippen LogP contribution in [0.5, 0.6) is 5.75 Å². The number of anilines is 1. The van der Waals surface area contributed by atoms with Gasteiger partial charge < -0.3 is 10.1 Å². The smallest absolute Gasteiger partial charge is 0.169 e. The fraction of sp³-hybridized carbons (Fsp3) is 0.643. The first-order valence-electron chi connectivity index (χ1n) is 6.72. The molecule has 1 heterocycles. The Hall–Kier alpha value is -0.900. The van der Waals surface area contributed by atoms with Crippen LogP contribution < -0.4 is 10.1 Å². The number of nitrogens with one attached hydrogen (secondary N) is 1. The monoisotopic (exact) mass is 266 g/mol. The molecule has 2 unspecified atom stereocenters. The first-order chi connectivity index (χ1) is 8.85. The van der Waals surface area contributed by atoms with Crippen LogP contribution in [0.15, 0.2) is 18.3 Å². The van der Waals surface area contributed by atoms with Crippen molar-refractivity contribution in [1.29, 1.82) is 0 Å². The lowest BCUT2D eigenvalue weighted by Crippen LogP contribution is -2.26. The molecular formula is C14H22N2OS. The molecule has 1 aromatic rings. The van der Waals surface area contributed by atoms with Gasteiger partial charge in [-0.25, -0.2) is 4.98 Å². The summed E-state index contributed by atoms with van der Waals surface area (Å²) in [7, 11) is 0. The predicted octanol–water partition coefficient (Wildman–Crippen LogP) is 3.57. The first-order valence-corrected chi connectivity index (χ1v) is 8.01. The number of hydrogen-bond donors (Lipinski definition) is 1. The molecule has 1 aromatic heterocycles. The van der Waals surface area contributed by atoms with Crippen molar-refractivity contribution in [3.05, 3.63) is 18.3 Å². The fourth-order valence-corrected chi connectivity index (χ4v) is 3.31. The van der Waals surface area contributed by atoms with Crippen LogP contribution in [0.25, 0.3) is 0 Å². The lowest BCUT2D eigenvalue weighted by Gasteiger charge is -2.21. The summed E-state index contributed by atoms with van der Waals surface area (Å²) in [4.78, 5) is 4.42. The van der Waals surface area contributed by atoms with Crippen molar-refractivity contribution in [1.82, 2.24) is 4.98 Å². The zero-order valence-electron chi connectivity index (χ0n) is 11.2. The zero-order valence-corrected chi connectivity index (χ0v) is 12.0. The van der Waals surface area contributed by atoms with Crippen LogP contribution in [0.3, 0.4) is 0 Å². The minimum absolute atomic E-state index is 0.527. The van der Waals surface area contributed by atoms with Crippen molar-refractivity contribution < 1.29 is 4.74 Å². The highest BCUT2D eigenvalue weighted by Crippen LogP contribution is 2.32. The van der Waals surface area contributed by atoms with Gasteiger partial charge in [-0.15, -0.1) is 0 Å². The summed E-state index contributed by atoms with van der Waals surface area (Å²) in [6, 6.07) is 4.45. The number of nitrogens with zero attached hydrogens (tertiary/aromatic N) is 1. The molecule has 0 saturated heterocycles. The summed E-state index contributed by atoms with van der Waals surface area (Å²) in [5, 5.41) is 4.26. The Labute approximate surface area is 114 Å². The molecule has 0 amide bonds. The summed E-state index contributed by atoms with van der Waals surface area (Å²) in [6.45, 7) is 2.86. The van der Waals surface area contributed by atoms with Crippen LogP contribution in [0.1, 0.15) is 32.6 Å². The van der Waals surface area contributed by atoms with E-state index >= 15 is 0 Å². The quantitative estimate of drug-likeness (QED) is 0.853. The molecule has 1 saturated carbocycles. The summed E-state index contributed by atoms with van der Waals surface area (Å²) in [5.41, 5.74) is 0. The van der Waals surface area contributed by atoms with Crippen LogP contribution in [0.4, 0.5) is 5.82 Å². The Morgan fingerprint density at radius 2 is 2.39 bits per heavy atom. The number of thioether (sulfide) groups is 1. The SMILES string of the molecule is CCCOc1cccnc1NC1CCCC1SC. The van der Waals surface area contributed by atoms with Crippen molar-refractivity contribution in [2.45, 2.75) is 43.9 Å². The molecule has 4 heteroatoms. The molecule has 1 aliphatic rings. The number of ether oxygens (including phenoxy) is 1. The third-order valence-corrected chi connectivity index (χ3v) is 4.48. The molecule has 0 radical (unpaired) electrons. The van der Waals surface area contributed by atoms with E-state index in [9.17, 15) is 0 Å². The van der Waals surface area contributed by atoms with Gasteiger partial charge in [-0.05, 0) is 37.7 Å². The molecule has 0 spiro atoms. The van der Waals surface area contributed by atoms with Gasteiger partial charge in [0.15, 0.2) is 11.6 Å². The summed E-state index contributed by atoms with van der Waals surface area (Å²) >= 11 is 1.95. The molecule has 3 nitrogen and oxygen atoms in total. The van der Waals surface area contributed by atoms with Gasteiger partial charge >= 0.3 is 0 Å². The third-order valence-electron chi connectivity index (χ3n) is 3.31. The first kappa shape index (κ1) is 13.5. The van der Waals surface area contributed by atoms with E-state index in [-0.39, 0.29) is 0 Å². The molecular weight excluding hydrogens is 244 g/mol. The number of pyridine rings is 1. The topological polar surface area (TPSA) is 34.1 Å². The van der Waals surface area contributed by atoms with Crippen molar-refractivity contribution in [3.8, 4) is 5.75 Å². The highest BCUT2D eigenvalue weighted by molar-refractivity contribution is 7.99. The van der Waals surface area contributed by atoms with E-state index in [1.165, 1.54) is 19.3 Å².